The van der Waals surface area contributed by atoms with E-state index in [1.807, 2.05) is 6.07 Å². The minimum Gasteiger partial charge on any atom is -0.379 e. The number of ether oxygens (including phenoxy) is 1. The zero-order valence-corrected chi connectivity index (χ0v) is 15.9. The van der Waals surface area contributed by atoms with E-state index < -0.39 is 0 Å². The van der Waals surface area contributed by atoms with E-state index in [-0.39, 0.29) is 11.4 Å². The number of aryl methyl sites for hydroxylation is 2. The zero-order valence-electron chi connectivity index (χ0n) is 15.9. The van der Waals surface area contributed by atoms with Crippen molar-refractivity contribution in [1.82, 2.24) is 10.2 Å². The highest BCUT2D eigenvalue weighted by atomic mass is 16.5. The molecule has 1 heterocycles. The van der Waals surface area contributed by atoms with Crippen LogP contribution >= 0.6 is 0 Å². The monoisotopic (exact) mass is 356 g/mol. The average molecular weight is 357 g/mol. The van der Waals surface area contributed by atoms with Crippen molar-refractivity contribution in [2.45, 2.75) is 63.3 Å². The second-order valence-electron chi connectivity index (χ2n) is 8.26. The molecule has 1 amide bonds. The Morgan fingerprint density at radius 3 is 2.50 bits per heavy atom. The molecule has 2 aliphatic carbocycles. The van der Waals surface area contributed by atoms with E-state index in [9.17, 15) is 4.79 Å². The second kappa shape index (κ2) is 8.10. The van der Waals surface area contributed by atoms with Crippen LogP contribution < -0.4 is 5.32 Å². The van der Waals surface area contributed by atoms with Crippen LogP contribution in [-0.2, 0) is 17.6 Å². The number of morpholine rings is 1. The minimum absolute atomic E-state index is 0.0941. The van der Waals surface area contributed by atoms with E-state index in [2.05, 4.69) is 22.3 Å². The maximum Gasteiger partial charge on any atom is 0.251 e. The number of amides is 1. The Kier molecular flexibility index (Phi) is 5.60. The predicted octanol–water partition coefficient (Wildman–Crippen LogP) is 3.33. The van der Waals surface area contributed by atoms with Gasteiger partial charge >= 0.3 is 0 Å². The summed E-state index contributed by atoms with van der Waals surface area (Å²) < 4.78 is 5.55. The van der Waals surface area contributed by atoms with E-state index >= 15 is 0 Å². The lowest BCUT2D eigenvalue weighted by atomic mass is 9.79. The number of hydrogen-bond donors (Lipinski definition) is 1. The molecular weight excluding hydrogens is 324 g/mol. The first-order valence-electron chi connectivity index (χ1n) is 10.5. The molecule has 1 saturated heterocycles. The van der Waals surface area contributed by atoms with E-state index in [1.54, 1.807) is 0 Å². The van der Waals surface area contributed by atoms with E-state index in [0.717, 1.165) is 51.3 Å². The summed E-state index contributed by atoms with van der Waals surface area (Å²) in [6.45, 7) is 4.40. The number of rotatable bonds is 4. The van der Waals surface area contributed by atoms with Gasteiger partial charge in [0.15, 0.2) is 0 Å². The SMILES string of the molecule is O=C(NCC1(N2CCOCC2)CCCCC1)c1ccc2c(c1)CCCC2. The average Bonchev–Trinajstić information content (AvgIpc) is 2.73. The van der Waals surface area contributed by atoms with E-state index in [4.69, 9.17) is 4.74 Å². The molecule has 0 bridgehead atoms. The molecular formula is C22H32N2O2. The molecule has 1 aliphatic heterocycles. The quantitative estimate of drug-likeness (QED) is 0.900. The number of carbonyl (C=O) groups excluding carboxylic acids is 1. The highest BCUT2D eigenvalue weighted by Gasteiger charge is 2.38. The molecule has 142 valence electrons. The van der Waals surface area contributed by atoms with E-state index in [0.29, 0.717) is 0 Å². The summed E-state index contributed by atoms with van der Waals surface area (Å²) in [5.74, 6) is 0.0941. The van der Waals surface area contributed by atoms with Gasteiger partial charge in [-0.15, -0.1) is 0 Å². The molecule has 26 heavy (non-hydrogen) atoms. The van der Waals surface area contributed by atoms with Crippen LogP contribution in [0.3, 0.4) is 0 Å². The maximum atomic E-state index is 12.8. The molecule has 1 saturated carbocycles. The van der Waals surface area contributed by atoms with Crippen LogP contribution in [0.4, 0.5) is 0 Å². The molecule has 2 fully saturated rings. The van der Waals surface area contributed by atoms with Crippen molar-refractivity contribution in [2.24, 2.45) is 0 Å². The Morgan fingerprint density at radius 1 is 1.00 bits per heavy atom. The van der Waals surface area contributed by atoms with Crippen molar-refractivity contribution in [3.63, 3.8) is 0 Å². The molecule has 4 rings (SSSR count). The van der Waals surface area contributed by atoms with Gasteiger partial charge in [-0.05, 0) is 61.8 Å². The number of carbonyl (C=O) groups is 1. The van der Waals surface area contributed by atoms with Crippen LogP contribution in [0.25, 0.3) is 0 Å². The van der Waals surface area contributed by atoms with Crippen molar-refractivity contribution in [2.75, 3.05) is 32.8 Å². The first-order chi connectivity index (χ1) is 12.8. The first kappa shape index (κ1) is 18.0. The van der Waals surface area contributed by atoms with Gasteiger partial charge in [0, 0.05) is 30.7 Å². The molecule has 4 nitrogen and oxygen atoms in total. The summed E-state index contributed by atoms with van der Waals surface area (Å²) in [6, 6.07) is 6.32. The largest absolute Gasteiger partial charge is 0.379 e. The van der Waals surface area contributed by atoms with Gasteiger partial charge in [0.05, 0.1) is 13.2 Å². The third-order valence-corrected chi connectivity index (χ3v) is 6.65. The summed E-state index contributed by atoms with van der Waals surface area (Å²) in [6.07, 6.45) is 11.1. The normalized spacial score (nSPS) is 23.2. The standard InChI is InChI=1S/C22H32N2O2/c25-21(20-9-8-18-6-2-3-7-19(18)16-20)23-17-22(10-4-1-5-11-22)24-12-14-26-15-13-24/h8-9,16H,1-7,10-15,17H2,(H,23,25). The van der Waals surface area contributed by atoms with Gasteiger partial charge in [0.1, 0.15) is 0 Å². The summed E-state index contributed by atoms with van der Waals surface area (Å²) >= 11 is 0. The Bertz CT molecular complexity index is 631. The third kappa shape index (κ3) is 3.81. The van der Waals surface area contributed by atoms with Crippen molar-refractivity contribution >= 4 is 5.91 Å². The lowest BCUT2D eigenvalue weighted by Gasteiger charge is -2.48. The highest BCUT2D eigenvalue weighted by Crippen LogP contribution is 2.34. The Morgan fingerprint density at radius 2 is 1.73 bits per heavy atom. The Hall–Kier alpha value is -1.39. The summed E-state index contributed by atoms with van der Waals surface area (Å²) in [5, 5.41) is 3.29. The number of nitrogens with one attached hydrogen (secondary N) is 1. The Balaban J connectivity index is 1.44. The van der Waals surface area contributed by atoms with Crippen LogP contribution in [0.2, 0.25) is 0 Å². The fourth-order valence-corrected chi connectivity index (χ4v) is 5.07. The van der Waals surface area contributed by atoms with Gasteiger partial charge in [-0.1, -0.05) is 25.3 Å². The lowest BCUT2D eigenvalue weighted by Crippen LogP contribution is -2.59. The fraction of sp³-hybridized carbons (Fsp3) is 0.682. The van der Waals surface area contributed by atoms with Crippen LogP contribution in [-0.4, -0.2) is 49.2 Å². The molecule has 0 radical (unpaired) electrons. The van der Waals surface area contributed by atoms with Crippen molar-refractivity contribution in [1.29, 1.82) is 0 Å². The zero-order chi connectivity index (χ0) is 17.8. The van der Waals surface area contributed by atoms with Gasteiger partial charge in [-0.2, -0.15) is 0 Å². The van der Waals surface area contributed by atoms with Gasteiger partial charge in [0.25, 0.3) is 5.91 Å². The van der Waals surface area contributed by atoms with E-state index in [1.165, 1.54) is 56.1 Å². The van der Waals surface area contributed by atoms with Crippen LogP contribution in [0.5, 0.6) is 0 Å². The molecule has 1 aromatic carbocycles. The first-order valence-corrected chi connectivity index (χ1v) is 10.5. The van der Waals surface area contributed by atoms with Gasteiger partial charge in [-0.25, -0.2) is 0 Å². The fourth-order valence-electron chi connectivity index (χ4n) is 5.07. The van der Waals surface area contributed by atoms with Gasteiger partial charge < -0.3 is 10.1 Å². The van der Waals surface area contributed by atoms with Crippen molar-refractivity contribution in [3.8, 4) is 0 Å². The number of nitrogens with zero attached hydrogens (tertiary/aromatic N) is 1. The summed E-state index contributed by atoms with van der Waals surface area (Å²) in [7, 11) is 0. The smallest absolute Gasteiger partial charge is 0.251 e. The molecule has 4 heteroatoms. The van der Waals surface area contributed by atoms with Crippen LogP contribution in [0.1, 0.15) is 66.4 Å². The third-order valence-electron chi connectivity index (χ3n) is 6.65. The van der Waals surface area contributed by atoms with Crippen molar-refractivity contribution < 1.29 is 9.53 Å². The number of fused-ring (bicyclic) bond motifs is 1. The van der Waals surface area contributed by atoms with Crippen LogP contribution in [0, 0.1) is 0 Å². The van der Waals surface area contributed by atoms with Crippen molar-refractivity contribution in [3.05, 3.63) is 34.9 Å². The van der Waals surface area contributed by atoms with Gasteiger partial charge in [0.2, 0.25) is 0 Å². The van der Waals surface area contributed by atoms with Crippen LogP contribution in [0.15, 0.2) is 18.2 Å². The lowest BCUT2D eigenvalue weighted by molar-refractivity contribution is -0.0361. The number of hydrogen-bond acceptors (Lipinski definition) is 3. The predicted molar refractivity (Wildman–Crippen MR) is 104 cm³/mol. The molecule has 1 N–H and O–H groups in total. The maximum absolute atomic E-state index is 12.8. The molecule has 0 atom stereocenters. The topological polar surface area (TPSA) is 41.6 Å². The summed E-state index contributed by atoms with van der Waals surface area (Å²) in [4.78, 5) is 15.4. The second-order valence-corrected chi connectivity index (χ2v) is 8.26. The highest BCUT2D eigenvalue weighted by molar-refractivity contribution is 5.94. The molecule has 0 aromatic heterocycles. The molecule has 1 aromatic rings. The summed E-state index contributed by atoms with van der Waals surface area (Å²) in [5.41, 5.74) is 3.78. The van der Waals surface area contributed by atoms with Gasteiger partial charge in [-0.3, -0.25) is 9.69 Å². The number of benzene rings is 1. The molecule has 3 aliphatic rings. The Labute approximate surface area is 157 Å². The molecule has 0 spiro atoms. The molecule has 0 unspecified atom stereocenters. The minimum atomic E-state index is 0.0941.